The Kier molecular flexibility index (Phi) is 13.1. The standard InChI is InChI=1S/C18H39N5.HI/c1-7-19-18(20-11-10-12-22(8-2)9-3)21-17-14-23(15(4)5)13-16(17)6;/h15-17H,7-14H2,1-6H3,(H2,19,20,21);1H. The molecule has 0 aromatic heterocycles. The first-order valence-electron chi connectivity index (χ1n) is 9.52. The van der Waals surface area contributed by atoms with Crippen LogP contribution in [0.5, 0.6) is 0 Å². The van der Waals surface area contributed by atoms with E-state index in [1.807, 2.05) is 0 Å². The van der Waals surface area contributed by atoms with Gasteiger partial charge in [-0.15, -0.1) is 24.0 Å². The zero-order valence-electron chi connectivity index (χ0n) is 16.6. The molecule has 24 heavy (non-hydrogen) atoms. The van der Waals surface area contributed by atoms with Gasteiger partial charge in [0.15, 0.2) is 5.96 Å². The zero-order valence-corrected chi connectivity index (χ0v) is 19.0. The normalized spacial score (nSPS) is 22.1. The Balaban J connectivity index is 0.00000529. The summed E-state index contributed by atoms with van der Waals surface area (Å²) in [6.07, 6.45) is 1.12. The summed E-state index contributed by atoms with van der Waals surface area (Å²) in [5, 5.41) is 7.05. The molecule has 2 unspecified atom stereocenters. The summed E-state index contributed by atoms with van der Waals surface area (Å²) in [4.78, 5) is 9.77. The van der Waals surface area contributed by atoms with Crippen LogP contribution in [0.3, 0.4) is 0 Å². The highest BCUT2D eigenvalue weighted by atomic mass is 127. The Labute approximate surface area is 167 Å². The van der Waals surface area contributed by atoms with Gasteiger partial charge < -0.3 is 15.5 Å². The van der Waals surface area contributed by atoms with Crippen molar-refractivity contribution in [2.75, 3.05) is 45.8 Å². The monoisotopic (exact) mass is 453 g/mol. The molecular weight excluding hydrogens is 413 g/mol. The average Bonchev–Trinajstić information content (AvgIpc) is 2.89. The van der Waals surface area contributed by atoms with Crippen LogP contribution in [0.15, 0.2) is 4.99 Å². The third-order valence-electron chi connectivity index (χ3n) is 4.83. The smallest absolute Gasteiger partial charge is 0.191 e. The molecule has 144 valence electrons. The summed E-state index contributed by atoms with van der Waals surface area (Å²) in [5.74, 6) is 1.64. The number of hydrogen-bond acceptors (Lipinski definition) is 3. The number of guanidine groups is 1. The van der Waals surface area contributed by atoms with Crippen LogP contribution in [0, 0.1) is 5.92 Å². The van der Waals surface area contributed by atoms with Crippen LogP contribution >= 0.6 is 24.0 Å². The fourth-order valence-electron chi connectivity index (χ4n) is 3.13. The van der Waals surface area contributed by atoms with Crippen LogP contribution in [0.4, 0.5) is 0 Å². The fourth-order valence-corrected chi connectivity index (χ4v) is 3.13. The molecule has 0 bridgehead atoms. The largest absolute Gasteiger partial charge is 0.357 e. The van der Waals surface area contributed by atoms with Gasteiger partial charge in [-0.25, -0.2) is 0 Å². The molecule has 1 fully saturated rings. The van der Waals surface area contributed by atoms with E-state index in [4.69, 9.17) is 4.99 Å². The van der Waals surface area contributed by atoms with Crippen LogP contribution in [0.2, 0.25) is 0 Å². The molecule has 0 aromatic carbocycles. The molecule has 1 heterocycles. The summed E-state index contributed by atoms with van der Waals surface area (Å²) in [6.45, 7) is 21.0. The summed E-state index contributed by atoms with van der Waals surface area (Å²) in [5.41, 5.74) is 0. The summed E-state index contributed by atoms with van der Waals surface area (Å²) in [7, 11) is 0. The lowest BCUT2D eigenvalue weighted by atomic mass is 10.1. The van der Waals surface area contributed by atoms with Gasteiger partial charge in [-0.05, 0) is 52.7 Å². The quantitative estimate of drug-likeness (QED) is 0.244. The molecule has 1 aliphatic heterocycles. The van der Waals surface area contributed by atoms with Crippen LogP contribution in [0.25, 0.3) is 0 Å². The van der Waals surface area contributed by atoms with E-state index in [1.54, 1.807) is 0 Å². The average molecular weight is 453 g/mol. The second-order valence-electron chi connectivity index (χ2n) is 6.92. The molecule has 2 atom stereocenters. The predicted octanol–water partition coefficient (Wildman–Crippen LogP) is 2.62. The summed E-state index contributed by atoms with van der Waals surface area (Å²) in [6, 6.07) is 1.12. The predicted molar refractivity (Wildman–Crippen MR) is 117 cm³/mol. The Morgan fingerprint density at radius 3 is 2.38 bits per heavy atom. The van der Waals surface area contributed by atoms with E-state index in [-0.39, 0.29) is 24.0 Å². The first-order valence-corrected chi connectivity index (χ1v) is 9.52. The first-order chi connectivity index (χ1) is 11.0. The van der Waals surface area contributed by atoms with Crippen LogP contribution < -0.4 is 10.6 Å². The first kappa shape index (κ1) is 23.9. The fraction of sp³-hybridized carbons (Fsp3) is 0.944. The van der Waals surface area contributed by atoms with Crippen molar-refractivity contribution in [1.29, 1.82) is 0 Å². The van der Waals surface area contributed by atoms with Gasteiger partial charge in [-0.1, -0.05) is 20.8 Å². The van der Waals surface area contributed by atoms with Crippen LogP contribution in [-0.2, 0) is 0 Å². The topological polar surface area (TPSA) is 42.9 Å². The number of rotatable bonds is 9. The molecule has 5 nitrogen and oxygen atoms in total. The van der Waals surface area contributed by atoms with Gasteiger partial charge in [0.1, 0.15) is 0 Å². The highest BCUT2D eigenvalue weighted by Gasteiger charge is 2.31. The van der Waals surface area contributed by atoms with Gasteiger partial charge >= 0.3 is 0 Å². The van der Waals surface area contributed by atoms with E-state index >= 15 is 0 Å². The van der Waals surface area contributed by atoms with E-state index in [0.29, 0.717) is 18.0 Å². The van der Waals surface area contributed by atoms with Crippen molar-refractivity contribution in [3.8, 4) is 0 Å². The maximum Gasteiger partial charge on any atom is 0.191 e. The minimum atomic E-state index is 0. The molecule has 0 saturated carbocycles. The second kappa shape index (κ2) is 13.2. The van der Waals surface area contributed by atoms with E-state index in [2.05, 4.69) is 62.0 Å². The van der Waals surface area contributed by atoms with E-state index in [0.717, 1.165) is 51.6 Å². The van der Waals surface area contributed by atoms with Gasteiger partial charge in [0, 0.05) is 38.3 Å². The number of aliphatic imine (C=N–C) groups is 1. The van der Waals surface area contributed by atoms with Crippen LogP contribution in [0.1, 0.15) is 48.0 Å². The van der Waals surface area contributed by atoms with Gasteiger partial charge in [-0.2, -0.15) is 0 Å². The molecule has 1 rings (SSSR count). The van der Waals surface area contributed by atoms with Crippen molar-refractivity contribution < 1.29 is 0 Å². The molecule has 2 N–H and O–H groups in total. The Morgan fingerprint density at radius 2 is 1.88 bits per heavy atom. The van der Waals surface area contributed by atoms with Crippen molar-refractivity contribution in [2.24, 2.45) is 10.9 Å². The number of nitrogens with one attached hydrogen (secondary N) is 2. The van der Waals surface area contributed by atoms with Gasteiger partial charge in [0.05, 0.1) is 0 Å². The van der Waals surface area contributed by atoms with E-state index < -0.39 is 0 Å². The third-order valence-corrected chi connectivity index (χ3v) is 4.83. The molecular formula is C18H40IN5. The molecule has 1 aliphatic rings. The maximum absolute atomic E-state index is 4.77. The number of likely N-dealkylation sites (tertiary alicyclic amines) is 1. The molecule has 0 spiro atoms. The zero-order chi connectivity index (χ0) is 17.2. The van der Waals surface area contributed by atoms with Gasteiger partial charge in [-0.3, -0.25) is 9.89 Å². The van der Waals surface area contributed by atoms with Crippen molar-refractivity contribution in [3.05, 3.63) is 0 Å². The highest BCUT2D eigenvalue weighted by molar-refractivity contribution is 14.0. The lowest BCUT2D eigenvalue weighted by Gasteiger charge is -2.22. The van der Waals surface area contributed by atoms with Gasteiger partial charge in [0.2, 0.25) is 0 Å². The molecule has 1 saturated heterocycles. The van der Waals surface area contributed by atoms with Gasteiger partial charge in [0.25, 0.3) is 0 Å². The number of halogens is 1. The van der Waals surface area contributed by atoms with Crippen molar-refractivity contribution in [3.63, 3.8) is 0 Å². The summed E-state index contributed by atoms with van der Waals surface area (Å²) >= 11 is 0. The molecule has 0 aliphatic carbocycles. The van der Waals surface area contributed by atoms with E-state index in [1.165, 1.54) is 6.54 Å². The Morgan fingerprint density at radius 1 is 1.21 bits per heavy atom. The lowest BCUT2D eigenvalue weighted by molar-refractivity contribution is 0.265. The minimum absolute atomic E-state index is 0. The van der Waals surface area contributed by atoms with Crippen molar-refractivity contribution >= 4 is 29.9 Å². The summed E-state index contributed by atoms with van der Waals surface area (Å²) < 4.78 is 0. The van der Waals surface area contributed by atoms with Crippen molar-refractivity contribution in [1.82, 2.24) is 20.4 Å². The molecule has 0 aromatic rings. The van der Waals surface area contributed by atoms with Crippen LogP contribution in [-0.4, -0.2) is 73.7 Å². The number of nitrogens with zero attached hydrogens (tertiary/aromatic N) is 3. The maximum atomic E-state index is 4.77. The Hall–Kier alpha value is -0.0800. The number of hydrogen-bond donors (Lipinski definition) is 2. The SMILES string of the molecule is CCNC(=NCCCN(CC)CC)NC1CN(C(C)C)CC1C.I. The van der Waals surface area contributed by atoms with Crippen molar-refractivity contribution in [2.45, 2.75) is 60.0 Å². The van der Waals surface area contributed by atoms with E-state index in [9.17, 15) is 0 Å². The minimum Gasteiger partial charge on any atom is -0.357 e. The molecule has 6 heteroatoms. The Bertz CT molecular complexity index is 344. The lowest BCUT2D eigenvalue weighted by Crippen LogP contribution is -2.47. The second-order valence-corrected chi connectivity index (χ2v) is 6.92. The molecule has 0 amide bonds. The molecule has 0 radical (unpaired) electrons. The third kappa shape index (κ3) is 8.34. The highest BCUT2D eigenvalue weighted by Crippen LogP contribution is 2.18.